The number of likely N-dealkylation sites (N-methyl/N-ethyl adjacent to an activating group) is 1. The summed E-state index contributed by atoms with van der Waals surface area (Å²) in [6, 6.07) is 2.70. The molecule has 0 spiro atoms. The van der Waals surface area contributed by atoms with Crippen LogP contribution in [0.25, 0.3) is 0 Å². The number of piperazine rings is 1. The largest absolute Gasteiger partial charge is 0.487 e. The van der Waals surface area contributed by atoms with E-state index in [1.54, 1.807) is 0 Å². The van der Waals surface area contributed by atoms with Crippen LogP contribution in [0.3, 0.4) is 0 Å². The molecule has 5 nitrogen and oxygen atoms in total. The number of hydrogen-bond donors (Lipinski definition) is 0. The fourth-order valence-electron chi connectivity index (χ4n) is 5.18. The molecule has 0 aromatic carbocycles. The van der Waals surface area contributed by atoms with Crippen molar-refractivity contribution in [3.8, 4) is 5.75 Å². The summed E-state index contributed by atoms with van der Waals surface area (Å²) in [6.45, 7) is 9.87. The van der Waals surface area contributed by atoms with Crippen molar-refractivity contribution in [2.75, 3.05) is 55.7 Å². The highest BCUT2D eigenvalue weighted by molar-refractivity contribution is 5.62. The smallest absolute Gasteiger partial charge is 0.171 e. The molecule has 0 bridgehead atoms. The molecule has 0 radical (unpaired) electrons. The van der Waals surface area contributed by atoms with Crippen LogP contribution in [0.4, 0.5) is 11.5 Å². The first-order valence-corrected chi connectivity index (χ1v) is 9.68. The lowest BCUT2D eigenvalue weighted by Crippen LogP contribution is -2.57. The normalized spacial score (nSPS) is 32.3. The zero-order valence-corrected chi connectivity index (χ0v) is 14.7. The Hall–Kier alpha value is -1.49. The highest BCUT2D eigenvalue weighted by atomic mass is 16.5. The number of fused-ring (bicyclic) bond motifs is 4. The Morgan fingerprint density at radius 3 is 2.79 bits per heavy atom. The van der Waals surface area contributed by atoms with Gasteiger partial charge in [0.05, 0.1) is 17.9 Å². The second kappa shape index (κ2) is 5.80. The molecule has 24 heavy (non-hydrogen) atoms. The number of pyridine rings is 1. The number of aromatic nitrogens is 1. The minimum atomic E-state index is 0.454. The van der Waals surface area contributed by atoms with Crippen LogP contribution in [0, 0.1) is 11.8 Å². The minimum absolute atomic E-state index is 0.454. The predicted molar refractivity (Wildman–Crippen MR) is 96.0 cm³/mol. The molecule has 1 aliphatic carbocycles. The first-order valence-electron chi connectivity index (χ1n) is 9.68. The van der Waals surface area contributed by atoms with Gasteiger partial charge in [0.1, 0.15) is 6.61 Å². The lowest BCUT2D eigenvalue weighted by Gasteiger charge is -2.44. The number of hydrogen-bond acceptors (Lipinski definition) is 5. The van der Waals surface area contributed by atoms with Crippen molar-refractivity contribution in [3.63, 3.8) is 0 Å². The van der Waals surface area contributed by atoms with Gasteiger partial charge in [-0.3, -0.25) is 4.90 Å². The van der Waals surface area contributed by atoms with Crippen LogP contribution in [0.5, 0.6) is 5.75 Å². The third kappa shape index (κ3) is 2.36. The maximum absolute atomic E-state index is 6.12. The second-order valence-electron chi connectivity index (χ2n) is 7.92. The van der Waals surface area contributed by atoms with E-state index in [1.165, 1.54) is 38.0 Å². The maximum atomic E-state index is 6.12. The summed E-state index contributed by atoms with van der Waals surface area (Å²) in [6.07, 6.45) is 6.34. The molecule has 4 aliphatic rings. The van der Waals surface area contributed by atoms with E-state index in [0.717, 1.165) is 56.2 Å². The third-order valence-electron chi connectivity index (χ3n) is 6.63. The summed E-state index contributed by atoms with van der Waals surface area (Å²) in [5, 5.41) is 0. The Kier molecular flexibility index (Phi) is 3.58. The molecule has 3 unspecified atom stereocenters. The van der Waals surface area contributed by atoms with Gasteiger partial charge in [0.25, 0.3) is 0 Å². The topological polar surface area (TPSA) is 31.8 Å². The zero-order valence-electron chi connectivity index (χ0n) is 14.7. The first-order chi connectivity index (χ1) is 11.8. The Morgan fingerprint density at radius 2 is 2.00 bits per heavy atom. The van der Waals surface area contributed by atoms with E-state index in [1.807, 2.05) is 0 Å². The molecule has 3 fully saturated rings. The van der Waals surface area contributed by atoms with Gasteiger partial charge in [-0.2, -0.15) is 0 Å². The van der Waals surface area contributed by atoms with Crippen LogP contribution in [-0.2, 0) is 0 Å². The van der Waals surface area contributed by atoms with Crippen molar-refractivity contribution in [1.29, 1.82) is 0 Å². The van der Waals surface area contributed by atoms with Crippen LogP contribution in [-0.4, -0.2) is 61.8 Å². The average molecular weight is 328 g/mol. The molecule has 3 atom stereocenters. The highest BCUT2D eigenvalue weighted by Crippen LogP contribution is 2.41. The van der Waals surface area contributed by atoms with Gasteiger partial charge in [-0.25, -0.2) is 4.98 Å². The predicted octanol–water partition coefficient (Wildman–Crippen LogP) is 2.22. The van der Waals surface area contributed by atoms with Gasteiger partial charge < -0.3 is 14.5 Å². The quantitative estimate of drug-likeness (QED) is 0.831. The molecule has 4 heterocycles. The molecule has 0 amide bonds. The fraction of sp³-hybridized carbons (Fsp3) is 0.737. The van der Waals surface area contributed by atoms with Crippen LogP contribution in [0.15, 0.2) is 12.3 Å². The third-order valence-corrected chi connectivity index (χ3v) is 6.63. The molecular formula is C19H28N4O. The fourth-order valence-corrected chi connectivity index (χ4v) is 5.18. The van der Waals surface area contributed by atoms with Gasteiger partial charge in [-0.15, -0.1) is 0 Å². The lowest BCUT2D eigenvalue weighted by atomic mass is 10.0. The summed E-state index contributed by atoms with van der Waals surface area (Å²) in [7, 11) is 0. The summed E-state index contributed by atoms with van der Waals surface area (Å²) in [5.74, 6) is 3.87. The van der Waals surface area contributed by atoms with Gasteiger partial charge >= 0.3 is 0 Å². The van der Waals surface area contributed by atoms with E-state index in [2.05, 4.69) is 33.9 Å². The molecule has 1 saturated carbocycles. The SMILES string of the molecule is CCN1CCN2c3ncc(N4CC5CCCC5C4)cc3OCC2C1. The van der Waals surface area contributed by atoms with Gasteiger partial charge in [0, 0.05) is 38.8 Å². The molecule has 130 valence electrons. The number of anilines is 2. The molecule has 5 heteroatoms. The molecule has 0 N–H and O–H groups in total. The van der Waals surface area contributed by atoms with E-state index in [0.29, 0.717) is 6.04 Å². The summed E-state index contributed by atoms with van der Waals surface area (Å²) in [4.78, 5) is 12.3. The molecule has 1 aromatic rings. The van der Waals surface area contributed by atoms with Gasteiger partial charge in [-0.05, 0) is 31.2 Å². The van der Waals surface area contributed by atoms with Crippen molar-refractivity contribution < 1.29 is 4.74 Å². The molecular weight excluding hydrogens is 300 g/mol. The molecule has 1 aromatic heterocycles. The second-order valence-corrected chi connectivity index (χ2v) is 7.92. The number of nitrogens with zero attached hydrogens (tertiary/aromatic N) is 4. The highest BCUT2D eigenvalue weighted by Gasteiger charge is 2.37. The van der Waals surface area contributed by atoms with E-state index >= 15 is 0 Å². The van der Waals surface area contributed by atoms with Crippen molar-refractivity contribution in [2.24, 2.45) is 11.8 Å². The van der Waals surface area contributed by atoms with Crippen LogP contribution >= 0.6 is 0 Å². The standard InChI is InChI=1S/C19H28N4O/c1-2-21-6-7-23-17(12-21)13-24-18-8-16(9-20-19(18)23)22-10-14-4-3-5-15(14)11-22/h8-9,14-15,17H,2-7,10-13H2,1H3. The minimum Gasteiger partial charge on any atom is -0.487 e. The summed E-state index contributed by atoms with van der Waals surface area (Å²) in [5.41, 5.74) is 1.26. The van der Waals surface area contributed by atoms with Gasteiger partial charge in [0.2, 0.25) is 0 Å². The van der Waals surface area contributed by atoms with Crippen LogP contribution < -0.4 is 14.5 Å². The monoisotopic (exact) mass is 328 g/mol. The lowest BCUT2D eigenvalue weighted by molar-refractivity contribution is 0.171. The average Bonchev–Trinajstić information content (AvgIpc) is 3.22. The summed E-state index contributed by atoms with van der Waals surface area (Å²) < 4.78 is 6.12. The van der Waals surface area contributed by atoms with E-state index in [4.69, 9.17) is 9.72 Å². The van der Waals surface area contributed by atoms with Crippen LogP contribution in [0.2, 0.25) is 0 Å². The molecule has 3 aliphatic heterocycles. The Balaban J connectivity index is 1.36. The Morgan fingerprint density at radius 1 is 1.17 bits per heavy atom. The number of rotatable bonds is 2. The Labute approximate surface area is 144 Å². The van der Waals surface area contributed by atoms with E-state index in [-0.39, 0.29) is 0 Å². The van der Waals surface area contributed by atoms with Crippen molar-refractivity contribution in [1.82, 2.24) is 9.88 Å². The summed E-state index contributed by atoms with van der Waals surface area (Å²) >= 11 is 0. The number of ether oxygens (including phenoxy) is 1. The maximum Gasteiger partial charge on any atom is 0.171 e. The molecule has 2 saturated heterocycles. The van der Waals surface area contributed by atoms with E-state index in [9.17, 15) is 0 Å². The van der Waals surface area contributed by atoms with Gasteiger partial charge in [-0.1, -0.05) is 13.3 Å². The van der Waals surface area contributed by atoms with Gasteiger partial charge in [0.15, 0.2) is 11.6 Å². The van der Waals surface area contributed by atoms with Crippen LogP contribution in [0.1, 0.15) is 26.2 Å². The van der Waals surface area contributed by atoms with Crippen molar-refractivity contribution in [3.05, 3.63) is 12.3 Å². The Bertz CT molecular complexity index is 609. The first kappa shape index (κ1) is 14.8. The van der Waals surface area contributed by atoms with Crippen molar-refractivity contribution in [2.45, 2.75) is 32.2 Å². The zero-order chi connectivity index (χ0) is 16.1. The molecule has 5 rings (SSSR count). The van der Waals surface area contributed by atoms with Crippen molar-refractivity contribution >= 4 is 11.5 Å². The van der Waals surface area contributed by atoms with E-state index < -0.39 is 0 Å².